The van der Waals surface area contributed by atoms with Crippen molar-refractivity contribution in [3.05, 3.63) is 105 Å². The van der Waals surface area contributed by atoms with E-state index in [0.717, 1.165) is 5.56 Å². The Morgan fingerprint density at radius 1 is 1.03 bits per heavy atom. The number of halogens is 2. The number of rotatable bonds is 5. The van der Waals surface area contributed by atoms with E-state index in [1.165, 1.54) is 18.1 Å². The van der Waals surface area contributed by atoms with Gasteiger partial charge < -0.3 is 14.3 Å². The van der Waals surface area contributed by atoms with Crippen LogP contribution in [0, 0.1) is 6.92 Å². The van der Waals surface area contributed by atoms with Crippen molar-refractivity contribution in [1.29, 1.82) is 0 Å². The number of carbonyl (C=O) groups is 2. The van der Waals surface area contributed by atoms with Crippen LogP contribution in [0.15, 0.2) is 82.5 Å². The number of carbonyl (C=O) groups excluding carboxylic acids is 2. The number of aryl methyl sites for hydroxylation is 1. The van der Waals surface area contributed by atoms with Crippen LogP contribution in [-0.4, -0.2) is 23.9 Å². The molecule has 1 aromatic heterocycles. The molecule has 0 radical (unpaired) electrons. The molecular formula is C27H19Cl2NO5. The van der Waals surface area contributed by atoms with E-state index in [9.17, 15) is 14.7 Å². The molecule has 0 spiro atoms. The number of ether oxygens (including phenoxy) is 1. The van der Waals surface area contributed by atoms with Crippen molar-refractivity contribution in [3.8, 4) is 5.75 Å². The predicted molar refractivity (Wildman–Crippen MR) is 135 cm³/mol. The minimum atomic E-state index is -0.896. The molecule has 4 aromatic rings. The van der Waals surface area contributed by atoms with Crippen molar-refractivity contribution in [3.63, 3.8) is 0 Å². The Balaban J connectivity index is 1.68. The van der Waals surface area contributed by atoms with Gasteiger partial charge in [0.15, 0.2) is 22.9 Å². The minimum absolute atomic E-state index is 0.0551. The van der Waals surface area contributed by atoms with Gasteiger partial charge in [0.2, 0.25) is 5.78 Å². The minimum Gasteiger partial charge on any atom is -0.503 e. The van der Waals surface area contributed by atoms with Gasteiger partial charge in [-0.25, -0.2) is 0 Å². The van der Waals surface area contributed by atoms with Crippen LogP contribution < -0.4 is 9.64 Å². The Bertz CT molecular complexity index is 1520. The number of anilines is 1. The fourth-order valence-corrected chi connectivity index (χ4v) is 4.74. The van der Waals surface area contributed by atoms with E-state index in [2.05, 4.69) is 0 Å². The van der Waals surface area contributed by atoms with Crippen LogP contribution in [0.5, 0.6) is 5.75 Å². The molecule has 2 heterocycles. The van der Waals surface area contributed by atoms with Crippen molar-refractivity contribution in [2.75, 3.05) is 12.0 Å². The molecule has 35 heavy (non-hydrogen) atoms. The van der Waals surface area contributed by atoms with Gasteiger partial charge in [0, 0.05) is 27.2 Å². The zero-order chi connectivity index (χ0) is 24.9. The Kier molecular flexibility index (Phi) is 5.79. The van der Waals surface area contributed by atoms with E-state index in [4.69, 9.17) is 32.4 Å². The number of furan rings is 1. The van der Waals surface area contributed by atoms with E-state index in [1.807, 2.05) is 13.0 Å². The lowest BCUT2D eigenvalue weighted by atomic mass is 9.94. The quantitative estimate of drug-likeness (QED) is 0.299. The SMILES string of the molecule is COc1cc(Cl)cc2cc(C(=O)C3=C(O)C(=O)N(c4cc(Cl)ccc4C)C3c3ccccc3)oc12. The molecule has 176 valence electrons. The van der Waals surface area contributed by atoms with Crippen molar-refractivity contribution in [2.45, 2.75) is 13.0 Å². The van der Waals surface area contributed by atoms with Crippen LogP contribution >= 0.6 is 23.2 Å². The molecule has 5 rings (SSSR count). The summed E-state index contributed by atoms with van der Waals surface area (Å²) in [5.74, 6) is -1.66. The average molecular weight is 508 g/mol. The number of Topliss-reactive ketones (excluding diaryl/α,β-unsaturated/α-hetero) is 1. The molecule has 1 atom stereocenters. The molecule has 0 aliphatic carbocycles. The Labute approximate surface area is 210 Å². The summed E-state index contributed by atoms with van der Waals surface area (Å²) in [6.45, 7) is 1.83. The number of hydrogen-bond donors (Lipinski definition) is 1. The summed E-state index contributed by atoms with van der Waals surface area (Å²) < 4.78 is 11.2. The summed E-state index contributed by atoms with van der Waals surface area (Å²) in [6.07, 6.45) is 0. The lowest BCUT2D eigenvalue weighted by molar-refractivity contribution is -0.117. The molecule has 1 aliphatic heterocycles. The largest absolute Gasteiger partial charge is 0.503 e. The monoisotopic (exact) mass is 507 g/mol. The second kappa shape index (κ2) is 8.80. The van der Waals surface area contributed by atoms with Gasteiger partial charge in [-0.15, -0.1) is 0 Å². The van der Waals surface area contributed by atoms with Crippen LogP contribution in [0.2, 0.25) is 10.0 Å². The first-order chi connectivity index (χ1) is 16.8. The lowest BCUT2D eigenvalue weighted by Crippen LogP contribution is -2.31. The maximum Gasteiger partial charge on any atom is 0.294 e. The Morgan fingerprint density at radius 3 is 2.49 bits per heavy atom. The highest BCUT2D eigenvalue weighted by Gasteiger charge is 2.45. The topological polar surface area (TPSA) is 80.0 Å². The van der Waals surface area contributed by atoms with E-state index >= 15 is 0 Å². The third kappa shape index (κ3) is 3.85. The molecule has 6 nitrogen and oxygen atoms in total. The molecule has 0 fully saturated rings. The third-order valence-corrected chi connectivity index (χ3v) is 6.44. The highest BCUT2D eigenvalue weighted by molar-refractivity contribution is 6.32. The average Bonchev–Trinajstić information content (AvgIpc) is 3.39. The highest BCUT2D eigenvalue weighted by atomic mass is 35.5. The number of amides is 1. The van der Waals surface area contributed by atoms with Gasteiger partial charge in [-0.1, -0.05) is 59.6 Å². The molecule has 1 aliphatic rings. The van der Waals surface area contributed by atoms with Gasteiger partial charge in [0.25, 0.3) is 5.91 Å². The highest BCUT2D eigenvalue weighted by Crippen LogP contribution is 2.44. The second-order valence-corrected chi connectivity index (χ2v) is 9.02. The molecule has 8 heteroatoms. The first-order valence-electron chi connectivity index (χ1n) is 10.7. The molecule has 1 N–H and O–H groups in total. The van der Waals surface area contributed by atoms with Gasteiger partial charge in [0.1, 0.15) is 0 Å². The lowest BCUT2D eigenvalue weighted by Gasteiger charge is -2.28. The molecular weight excluding hydrogens is 489 g/mol. The Hall–Kier alpha value is -3.74. The van der Waals surface area contributed by atoms with Crippen molar-refractivity contribution < 1.29 is 23.8 Å². The maximum atomic E-state index is 13.8. The van der Waals surface area contributed by atoms with Gasteiger partial charge >= 0.3 is 0 Å². The second-order valence-electron chi connectivity index (χ2n) is 8.15. The molecule has 3 aromatic carbocycles. The van der Waals surface area contributed by atoms with Gasteiger partial charge in [-0.05, 0) is 42.3 Å². The van der Waals surface area contributed by atoms with Gasteiger partial charge in [-0.2, -0.15) is 0 Å². The number of aliphatic hydroxyl groups excluding tert-OH is 1. The van der Waals surface area contributed by atoms with E-state index in [0.29, 0.717) is 38.0 Å². The summed E-state index contributed by atoms with van der Waals surface area (Å²) in [4.78, 5) is 28.5. The van der Waals surface area contributed by atoms with E-state index in [1.54, 1.807) is 54.6 Å². The van der Waals surface area contributed by atoms with E-state index in [-0.39, 0.29) is 11.3 Å². The van der Waals surface area contributed by atoms with Crippen LogP contribution in [0.25, 0.3) is 11.0 Å². The summed E-state index contributed by atoms with van der Waals surface area (Å²) in [5.41, 5.74) is 2.13. The van der Waals surface area contributed by atoms with Crippen LogP contribution in [-0.2, 0) is 4.79 Å². The summed E-state index contributed by atoms with van der Waals surface area (Å²) in [7, 11) is 1.47. The zero-order valence-electron chi connectivity index (χ0n) is 18.7. The molecule has 0 bridgehead atoms. The standard InChI is InChI=1S/C27H19Cl2NO5/c1-14-8-9-17(28)12-19(14)30-23(15-6-4-3-5-7-15)22(25(32)27(30)33)24(31)20-11-16-10-18(29)13-21(34-2)26(16)35-20/h3-13,23,32H,1-2H3. The third-order valence-electron chi connectivity index (χ3n) is 5.99. The maximum absolute atomic E-state index is 13.8. The summed E-state index contributed by atoms with van der Waals surface area (Å²) >= 11 is 12.4. The summed E-state index contributed by atoms with van der Waals surface area (Å²) in [5, 5.41) is 12.4. The van der Waals surface area contributed by atoms with Gasteiger partial charge in [-0.3, -0.25) is 14.5 Å². The van der Waals surface area contributed by atoms with Crippen LogP contribution in [0.1, 0.15) is 27.7 Å². The van der Waals surface area contributed by atoms with Gasteiger partial charge in [0.05, 0.1) is 18.7 Å². The molecule has 0 saturated carbocycles. The smallest absolute Gasteiger partial charge is 0.294 e. The number of ketones is 1. The first-order valence-corrected chi connectivity index (χ1v) is 11.4. The number of nitrogens with zero attached hydrogens (tertiary/aromatic N) is 1. The summed E-state index contributed by atoms with van der Waals surface area (Å²) in [6, 6.07) is 18.0. The number of hydrogen-bond acceptors (Lipinski definition) is 5. The zero-order valence-corrected chi connectivity index (χ0v) is 20.2. The Morgan fingerprint density at radius 2 is 1.77 bits per heavy atom. The molecule has 1 amide bonds. The fourth-order valence-electron chi connectivity index (χ4n) is 4.36. The number of fused-ring (bicyclic) bond motifs is 1. The number of methoxy groups -OCH3 is 1. The number of benzene rings is 3. The van der Waals surface area contributed by atoms with Crippen molar-refractivity contribution in [1.82, 2.24) is 0 Å². The molecule has 0 saturated heterocycles. The molecule has 1 unspecified atom stereocenters. The van der Waals surface area contributed by atoms with Crippen molar-refractivity contribution >= 4 is 51.5 Å². The van der Waals surface area contributed by atoms with E-state index < -0.39 is 23.5 Å². The number of aliphatic hydroxyl groups is 1. The fraction of sp³-hybridized carbons (Fsp3) is 0.111. The first kappa shape index (κ1) is 23.0. The normalized spacial score (nSPS) is 15.8. The predicted octanol–water partition coefficient (Wildman–Crippen LogP) is 6.84. The van der Waals surface area contributed by atoms with Crippen LogP contribution in [0.3, 0.4) is 0 Å². The van der Waals surface area contributed by atoms with Crippen LogP contribution in [0.4, 0.5) is 5.69 Å². The van der Waals surface area contributed by atoms with Crippen molar-refractivity contribution in [2.24, 2.45) is 0 Å².